The van der Waals surface area contributed by atoms with Crippen molar-refractivity contribution >= 4 is 5.97 Å². The van der Waals surface area contributed by atoms with Crippen LogP contribution in [0.1, 0.15) is 18.7 Å². The molecule has 0 atom stereocenters. The van der Waals surface area contributed by atoms with Crippen molar-refractivity contribution in [3.8, 4) is 22.9 Å². The maximum Gasteiger partial charge on any atom is 0.311 e. The van der Waals surface area contributed by atoms with Crippen molar-refractivity contribution in [3.63, 3.8) is 0 Å². The highest BCUT2D eigenvalue weighted by Crippen LogP contribution is 2.18. The molecular formula is C19H18N2O4. The lowest BCUT2D eigenvalue weighted by Gasteiger charge is -2.04. The van der Waals surface area contributed by atoms with Gasteiger partial charge in [-0.3, -0.25) is 4.79 Å². The number of aryl methyl sites for hydroxylation is 1. The van der Waals surface area contributed by atoms with Crippen LogP contribution < -0.4 is 9.47 Å². The molecule has 1 heterocycles. The van der Waals surface area contributed by atoms with E-state index in [1.54, 1.807) is 31.4 Å². The monoisotopic (exact) mass is 338 g/mol. The standard InChI is InChI=1S/C19H18N2O4/c1-23-15-10-12-16(13-11-15)24-18(22)9-5-8-17-20-19(21-25-17)14-6-3-2-4-7-14/h2-4,6-7,10-13H,5,8-9H2,1H3. The van der Waals surface area contributed by atoms with Gasteiger partial charge in [-0.1, -0.05) is 35.5 Å². The number of rotatable bonds is 7. The molecule has 0 fully saturated rings. The Balaban J connectivity index is 1.46. The number of carbonyl (C=O) groups is 1. The Morgan fingerprint density at radius 2 is 1.76 bits per heavy atom. The number of hydrogen-bond donors (Lipinski definition) is 0. The number of aromatic nitrogens is 2. The third-order valence-corrected chi connectivity index (χ3v) is 3.56. The normalized spacial score (nSPS) is 10.4. The zero-order valence-electron chi connectivity index (χ0n) is 13.8. The molecule has 0 saturated heterocycles. The fourth-order valence-corrected chi connectivity index (χ4v) is 2.27. The van der Waals surface area contributed by atoms with E-state index in [0.717, 1.165) is 5.56 Å². The first kappa shape index (κ1) is 16.7. The fourth-order valence-electron chi connectivity index (χ4n) is 2.27. The SMILES string of the molecule is COc1ccc(OC(=O)CCCc2nc(-c3ccccc3)no2)cc1. The number of hydrogen-bond acceptors (Lipinski definition) is 6. The summed E-state index contributed by atoms with van der Waals surface area (Å²) >= 11 is 0. The first-order valence-electron chi connectivity index (χ1n) is 7.97. The molecule has 0 N–H and O–H groups in total. The Morgan fingerprint density at radius 1 is 1.04 bits per heavy atom. The van der Waals surface area contributed by atoms with Gasteiger partial charge in [-0.15, -0.1) is 0 Å². The van der Waals surface area contributed by atoms with Gasteiger partial charge in [0.05, 0.1) is 7.11 Å². The highest BCUT2D eigenvalue weighted by molar-refractivity contribution is 5.72. The molecule has 0 aliphatic carbocycles. The summed E-state index contributed by atoms with van der Waals surface area (Å²) in [6.07, 6.45) is 1.37. The maximum atomic E-state index is 11.9. The van der Waals surface area contributed by atoms with Crippen LogP contribution in [0.2, 0.25) is 0 Å². The molecular weight excluding hydrogens is 320 g/mol. The molecule has 6 nitrogen and oxygen atoms in total. The van der Waals surface area contributed by atoms with Crippen LogP contribution in [0.3, 0.4) is 0 Å². The average molecular weight is 338 g/mol. The lowest BCUT2D eigenvalue weighted by Crippen LogP contribution is -2.08. The first-order valence-corrected chi connectivity index (χ1v) is 7.97. The summed E-state index contributed by atoms with van der Waals surface area (Å²) in [6, 6.07) is 16.5. The molecule has 0 aliphatic heterocycles. The first-order chi connectivity index (χ1) is 12.2. The Kier molecular flexibility index (Phi) is 5.41. The lowest BCUT2D eigenvalue weighted by atomic mass is 10.2. The number of methoxy groups -OCH3 is 1. The van der Waals surface area contributed by atoms with Crippen molar-refractivity contribution in [2.24, 2.45) is 0 Å². The molecule has 3 aromatic rings. The van der Waals surface area contributed by atoms with Crippen molar-refractivity contribution in [1.29, 1.82) is 0 Å². The molecule has 0 bridgehead atoms. The summed E-state index contributed by atoms with van der Waals surface area (Å²) in [7, 11) is 1.59. The number of carbonyl (C=O) groups excluding carboxylic acids is 1. The number of esters is 1. The van der Waals surface area contributed by atoms with Gasteiger partial charge >= 0.3 is 5.97 Å². The van der Waals surface area contributed by atoms with Crippen molar-refractivity contribution in [3.05, 3.63) is 60.5 Å². The number of benzene rings is 2. The van der Waals surface area contributed by atoms with Crippen LogP contribution in [-0.2, 0) is 11.2 Å². The Hall–Kier alpha value is -3.15. The summed E-state index contributed by atoms with van der Waals surface area (Å²) in [4.78, 5) is 16.2. The van der Waals surface area contributed by atoms with Gasteiger partial charge in [0, 0.05) is 18.4 Å². The zero-order valence-corrected chi connectivity index (χ0v) is 13.8. The number of nitrogens with zero attached hydrogens (tertiary/aromatic N) is 2. The minimum atomic E-state index is -0.298. The van der Waals surface area contributed by atoms with E-state index >= 15 is 0 Å². The van der Waals surface area contributed by atoms with Crippen LogP contribution >= 0.6 is 0 Å². The predicted octanol–water partition coefficient (Wildman–Crippen LogP) is 3.67. The van der Waals surface area contributed by atoms with E-state index in [-0.39, 0.29) is 12.4 Å². The second kappa shape index (κ2) is 8.10. The molecule has 128 valence electrons. The minimum Gasteiger partial charge on any atom is -0.497 e. The van der Waals surface area contributed by atoms with Gasteiger partial charge in [0.1, 0.15) is 11.5 Å². The highest BCUT2D eigenvalue weighted by atomic mass is 16.5. The molecule has 3 rings (SSSR count). The third-order valence-electron chi connectivity index (χ3n) is 3.56. The fraction of sp³-hybridized carbons (Fsp3) is 0.211. The summed E-state index contributed by atoms with van der Waals surface area (Å²) in [5, 5.41) is 3.95. The molecule has 25 heavy (non-hydrogen) atoms. The van der Waals surface area contributed by atoms with Gasteiger partial charge in [-0.25, -0.2) is 0 Å². The topological polar surface area (TPSA) is 74.5 Å². The van der Waals surface area contributed by atoms with Crippen LogP contribution in [0.4, 0.5) is 0 Å². The van der Waals surface area contributed by atoms with E-state index < -0.39 is 0 Å². The van der Waals surface area contributed by atoms with Gasteiger partial charge in [0.25, 0.3) is 0 Å². The predicted molar refractivity (Wildman–Crippen MR) is 91.3 cm³/mol. The quantitative estimate of drug-likeness (QED) is 0.483. The number of ether oxygens (including phenoxy) is 2. The van der Waals surface area contributed by atoms with Crippen LogP contribution in [0.15, 0.2) is 59.1 Å². The second-order valence-electron chi connectivity index (χ2n) is 5.38. The largest absolute Gasteiger partial charge is 0.497 e. The second-order valence-corrected chi connectivity index (χ2v) is 5.38. The molecule has 0 saturated carbocycles. The summed E-state index contributed by atoms with van der Waals surface area (Å²) < 4.78 is 15.5. The van der Waals surface area contributed by atoms with Crippen molar-refractivity contribution in [2.75, 3.05) is 7.11 Å². The van der Waals surface area contributed by atoms with Gasteiger partial charge in [0.15, 0.2) is 0 Å². The molecule has 0 spiro atoms. The van der Waals surface area contributed by atoms with E-state index in [2.05, 4.69) is 10.1 Å². The van der Waals surface area contributed by atoms with E-state index in [1.165, 1.54) is 0 Å². The van der Waals surface area contributed by atoms with Crippen molar-refractivity contribution in [1.82, 2.24) is 10.1 Å². The summed E-state index contributed by atoms with van der Waals surface area (Å²) in [5.41, 5.74) is 0.899. The van der Waals surface area contributed by atoms with E-state index in [0.29, 0.717) is 36.1 Å². The van der Waals surface area contributed by atoms with E-state index in [9.17, 15) is 4.79 Å². The average Bonchev–Trinajstić information content (AvgIpc) is 3.12. The minimum absolute atomic E-state index is 0.273. The molecule has 6 heteroatoms. The Labute approximate surface area is 145 Å². The van der Waals surface area contributed by atoms with Crippen LogP contribution in [0.5, 0.6) is 11.5 Å². The summed E-state index contributed by atoms with van der Waals surface area (Å²) in [6.45, 7) is 0. The molecule has 0 radical (unpaired) electrons. The Bertz CT molecular complexity index is 813. The van der Waals surface area contributed by atoms with Crippen molar-refractivity contribution < 1.29 is 18.8 Å². The Morgan fingerprint density at radius 3 is 2.48 bits per heavy atom. The summed E-state index contributed by atoms with van der Waals surface area (Å²) in [5.74, 6) is 1.97. The lowest BCUT2D eigenvalue weighted by molar-refractivity contribution is -0.134. The molecule has 0 amide bonds. The van der Waals surface area contributed by atoms with Gasteiger partial charge < -0.3 is 14.0 Å². The van der Waals surface area contributed by atoms with Gasteiger partial charge in [-0.2, -0.15) is 4.98 Å². The third kappa shape index (κ3) is 4.67. The van der Waals surface area contributed by atoms with Gasteiger partial charge in [-0.05, 0) is 30.7 Å². The van der Waals surface area contributed by atoms with Crippen LogP contribution in [0.25, 0.3) is 11.4 Å². The van der Waals surface area contributed by atoms with Gasteiger partial charge in [0.2, 0.25) is 11.7 Å². The van der Waals surface area contributed by atoms with Crippen molar-refractivity contribution in [2.45, 2.75) is 19.3 Å². The smallest absolute Gasteiger partial charge is 0.311 e. The van der Waals surface area contributed by atoms with E-state index in [1.807, 2.05) is 30.3 Å². The molecule has 1 aromatic heterocycles. The highest BCUT2D eigenvalue weighted by Gasteiger charge is 2.10. The molecule has 2 aromatic carbocycles. The van der Waals surface area contributed by atoms with Crippen LogP contribution in [0, 0.1) is 0 Å². The van der Waals surface area contributed by atoms with Crippen LogP contribution in [-0.4, -0.2) is 23.2 Å². The molecule has 0 aliphatic rings. The maximum absolute atomic E-state index is 11.9. The molecule has 0 unspecified atom stereocenters. The zero-order chi connectivity index (χ0) is 17.5. The van der Waals surface area contributed by atoms with E-state index in [4.69, 9.17) is 14.0 Å².